The quantitative estimate of drug-likeness (QED) is 0.504. The molecule has 1 aliphatic rings. The van der Waals surface area contributed by atoms with Gasteiger partial charge in [0.2, 0.25) is 0 Å². The van der Waals surface area contributed by atoms with Crippen LogP contribution >= 0.6 is 0 Å². The number of fused-ring (bicyclic) bond motifs is 1. The van der Waals surface area contributed by atoms with Gasteiger partial charge in [-0.15, -0.1) is 0 Å². The van der Waals surface area contributed by atoms with E-state index in [2.05, 4.69) is 60.0 Å². The van der Waals surface area contributed by atoms with E-state index in [0.717, 1.165) is 61.5 Å². The normalized spacial score (nSPS) is 15.2. The summed E-state index contributed by atoms with van der Waals surface area (Å²) in [5.74, 6) is -0.140. The second kappa shape index (κ2) is 10.5. The zero-order chi connectivity index (χ0) is 25.0. The Hall–Kier alpha value is -3.40. The molecule has 0 spiro atoms. The van der Waals surface area contributed by atoms with Crippen molar-refractivity contribution in [3.63, 3.8) is 0 Å². The molecule has 4 rings (SSSR count). The Bertz CT molecular complexity index is 1270. The number of nitriles is 1. The van der Waals surface area contributed by atoms with Crippen LogP contribution in [0.2, 0.25) is 0 Å². The van der Waals surface area contributed by atoms with Gasteiger partial charge in [0.1, 0.15) is 0 Å². The maximum absolute atomic E-state index is 12.9. The maximum atomic E-state index is 12.9. The van der Waals surface area contributed by atoms with Crippen LogP contribution < -0.4 is 5.32 Å². The third kappa shape index (κ3) is 6.00. The summed E-state index contributed by atoms with van der Waals surface area (Å²) in [5.41, 5.74) is 5.29. The molecule has 35 heavy (non-hydrogen) atoms. The summed E-state index contributed by atoms with van der Waals surface area (Å²) < 4.78 is 7.67. The monoisotopic (exact) mass is 470 g/mol. The van der Waals surface area contributed by atoms with Crippen molar-refractivity contribution in [2.24, 2.45) is 0 Å². The second-order valence-corrected chi connectivity index (χ2v) is 10.2. The van der Waals surface area contributed by atoms with Gasteiger partial charge in [0.25, 0.3) is 5.91 Å². The maximum Gasteiger partial charge on any atom is 0.251 e. The molecule has 6 heteroatoms. The highest BCUT2D eigenvalue weighted by Gasteiger charge is 2.15. The highest BCUT2D eigenvalue weighted by Crippen LogP contribution is 2.26. The fourth-order valence-electron chi connectivity index (χ4n) is 4.35. The number of carbonyl (C=O) groups excluding carboxylic acids is 1. The number of carbonyl (C=O) groups is 1. The van der Waals surface area contributed by atoms with Gasteiger partial charge < -0.3 is 14.6 Å². The van der Waals surface area contributed by atoms with Crippen LogP contribution in [0.15, 0.2) is 54.2 Å². The second-order valence-electron chi connectivity index (χ2n) is 10.2. The van der Waals surface area contributed by atoms with Crippen LogP contribution in [-0.4, -0.2) is 48.2 Å². The predicted molar refractivity (Wildman–Crippen MR) is 141 cm³/mol. The molecule has 1 aliphatic heterocycles. The van der Waals surface area contributed by atoms with Gasteiger partial charge in [-0.3, -0.25) is 9.69 Å². The van der Waals surface area contributed by atoms with Gasteiger partial charge in [-0.1, -0.05) is 32.9 Å². The summed E-state index contributed by atoms with van der Waals surface area (Å²) in [7, 11) is 0. The molecule has 1 aromatic heterocycles. The highest BCUT2D eigenvalue weighted by atomic mass is 16.5. The van der Waals surface area contributed by atoms with E-state index in [1.54, 1.807) is 0 Å². The zero-order valence-corrected chi connectivity index (χ0v) is 21.1. The molecule has 1 fully saturated rings. The van der Waals surface area contributed by atoms with Crippen LogP contribution in [0, 0.1) is 11.3 Å². The lowest BCUT2D eigenvalue weighted by atomic mass is 9.87. The smallest absolute Gasteiger partial charge is 0.251 e. The molecular formula is C29H34N4O2. The van der Waals surface area contributed by atoms with Gasteiger partial charge in [-0.05, 0) is 54.3 Å². The van der Waals surface area contributed by atoms with Crippen molar-refractivity contribution < 1.29 is 9.53 Å². The van der Waals surface area contributed by atoms with Crippen LogP contribution in [0.3, 0.4) is 0 Å². The molecule has 0 saturated carbocycles. The van der Waals surface area contributed by atoms with Crippen molar-refractivity contribution in [1.29, 1.82) is 5.26 Å². The standard InChI is InChI=1S/C29H34N4O2/c1-21(28(34)31-25-8-6-24(7-9-25)29(2,3)4)17-23-20-33(12-11-32-13-15-35-16-14-32)27-10-5-22(19-30)18-26(23)27/h5-10,17-18,20H,11-16H2,1-4H3,(H,31,34)/b21-17+. The summed E-state index contributed by atoms with van der Waals surface area (Å²) in [6.45, 7) is 13.5. The molecular weight excluding hydrogens is 436 g/mol. The molecule has 0 atom stereocenters. The first-order valence-corrected chi connectivity index (χ1v) is 12.2. The van der Waals surface area contributed by atoms with E-state index in [9.17, 15) is 10.1 Å². The molecule has 0 unspecified atom stereocenters. The summed E-state index contributed by atoms with van der Waals surface area (Å²) in [6, 6.07) is 16.0. The zero-order valence-electron chi connectivity index (χ0n) is 21.1. The lowest BCUT2D eigenvalue weighted by molar-refractivity contribution is -0.112. The van der Waals surface area contributed by atoms with E-state index in [1.165, 1.54) is 5.56 Å². The van der Waals surface area contributed by atoms with E-state index in [-0.39, 0.29) is 11.3 Å². The number of nitrogens with zero attached hydrogens (tertiary/aromatic N) is 3. The molecule has 0 bridgehead atoms. The van der Waals surface area contributed by atoms with Gasteiger partial charge in [-0.25, -0.2) is 0 Å². The molecule has 1 N–H and O–H groups in total. The number of morpholine rings is 1. The number of benzene rings is 2. The van der Waals surface area contributed by atoms with Crippen molar-refractivity contribution in [2.75, 3.05) is 38.2 Å². The molecule has 1 amide bonds. The average molecular weight is 471 g/mol. The van der Waals surface area contributed by atoms with E-state index in [4.69, 9.17) is 4.74 Å². The lowest BCUT2D eigenvalue weighted by Gasteiger charge is -2.26. The Labute approximate surface area is 207 Å². The number of aromatic nitrogens is 1. The van der Waals surface area contributed by atoms with Gasteiger partial charge >= 0.3 is 0 Å². The van der Waals surface area contributed by atoms with Crippen LogP contribution in [-0.2, 0) is 21.5 Å². The van der Waals surface area contributed by atoms with Crippen molar-refractivity contribution in [2.45, 2.75) is 39.7 Å². The first kappa shape index (κ1) is 24.7. The Morgan fingerprint density at radius 3 is 2.49 bits per heavy atom. The number of ether oxygens (including phenoxy) is 1. The highest BCUT2D eigenvalue weighted by molar-refractivity contribution is 6.07. The Morgan fingerprint density at radius 2 is 1.83 bits per heavy atom. The molecule has 1 saturated heterocycles. The van der Waals surface area contributed by atoms with Crippen LogP contribution in [0.4, 0.5) is 5.69 Å². The summed E-state index contributed by atoms with van der Waals surface area (Å²) in [4.78, 5) is 15.3. The number of hydrogen-bond acceptors (Lipinski definition) is 4. The number of anilines is 1. The topological polar surface area (TPSA) is 70.3 Å². The largest absolute Gasteiger partial charge is 0.379 e. The van der Waals surface area contributed by atoms with Crippen molar-refractivity contribution in [1.82, 2.24) is 9.47 Å². The molecule has 2 heterocycles. The third-order valence-electron chi connectivity index (χ3n) is 6.54. The fourth-order valence-corrected chi connectivity index (χ4v) is 4.35. The average Bonchev–Trinajstić information content (AvgIpc) is 3.19. The fraction of sp³-hybridized carbons (Fsp3) is 0.379. The first-order valence-electron chi connectivity index (χ1n) is 12.2. The molecule has 182 valence electrons. The summed E-state index contributed by atoms with van der Waals surface area (Å²) in [5, 5.41) is 13.4. The van der Waals surface area contributed by atoms with Gasteiger partial charge in [0, 0.05) is 60.1 Å². The third-order valence-corrected chi connectivity index (χ3v) is 6.54. The van der Waals surface area contributed by atoms with E-state index in [1.807, 2.05) is 43.3 Å². The van der Waals surface area contributed by atoms with E-state index >= 15 is 0 Å². The minimum absolute atomic E-state index is 0.0661. The minimum Gasteiger partial charge on any atom is -0.379 e. The Kier molecular flexibility index (Phi) is 7.39. The van der Waals surface area contributed by atoms with Crippen molar-refractivity contribution in [3.05, 3.63) is 70.9 Å². The Balaban J connectivity index is 1.55. The lowest BCUT2D eigenvalue weighted by Crippen LogP contribution is -2.38. The minimum atomic E-state index is -0.140. The number of hydrogen-bond donors (Lipinski definition) is 1. The van der Waals surface area contributed by atoms with E-state index in [0.29, 0.717) is 11.1 Å². The first-order chi connectivity index (χ1) is 16.7. The SMILES string of the molecule is C/C(=C\c1cn(CCN2CCOCC2)c2ccc(C#N)cc12)C(=O)Nc1ccc(C(C)(C)C)cc1. The molecule has 0 radical (unpaired) electrons. The van der Waals surface area contributed by atoms with Crippen LogP contribution in [0.25, 0.3) is 17.0 Å². The predicted octanol–water partition coefficient (Wildman–Crippen LogP) is 5.18. The van der Waals surface area contributed by atoms with Gasteiger partial charge in [0.15, 0.2) is 0 Å². The van der Waals surface area contributed by atoms with Crippen molar-refractivity contribution in [3.8, 4) is 6.07 Å². The molecule has 2 aromatic carbocycles. The van der Waals surface area contributed by atoms with Gasteiger partial charge in [-0.2, -0.15) is 5.26 Å². The molecule has 6 nitrogen and oxygen atoms in total. The number of nitrogens with one attached hydrogen (secondary N) is 1. The Morgan fingerprint density at radius 1 is 1.11 bits per heavy atom. The van der Waals surface area contributed by atoms with Crippen molar-refractivity contribution >= 4 is 28.6 Å². The van der Waals surface area contributed by atoms with Gasteiger partial charge in [0.05, 0.1) is 24.8 Å². The number of amides is 1. The van der Waals surface area contributed by atoms with E-state index < -0.39 is 0 Å². The molecule has 0 aliphatic carbocycles. The summed E-state index contributed by atoms with van der Waals surface area (Å²) >= 11 is 0. The van der Waals surface area contributed by atoms with Crippen LogP contribution in [0.5, 0.6) is 0 Å². The van der Waals surface area contributed by atoms with Crippen LogP contribution in [0.1, 0.15) is 44.4 Å². The molecule has 3 aromatic rings. The summed E-state index contributed by atoms with van der Waals surface area (Å²) in [6.07, 6.45) is 3.99. The number of rotatable bonds is 6.